The summed E-state index contributed by atoms with van der Waals surface area (Å²) < 4.78 is 5.39. The Kier molecular flexibility index (Phi) is 4.69. The van der Waals surface area contributed by atoms with Crippen LogP contribution in [0.5, 0.6) is 0 Å². The van der Waals surface area contributed by atoms with Gasteiger partial charge in [-0.15, -0.1) is 11.8 Å². The lowest BCUT2D eigenvalue weighted by Crippen LogP contribution is -2.33. The molecule has 0 radical (unpaired) electrons. The van der Waals surface area contributed by atoms with Crippen molar-refractivity contribution in [2.45, 2.75) is 17.4 Å². The molecule has 0 aliphatic carbocycles. The minimum atomic E-state index is 0.636. The Labute approximate surface area is 102 Å². The average molecular weight is 237 g/mol. The van der Waals surface area contributed by atoms with Crippen LogP contribution in [0.2, 0.25) is 0 Å². The Morgan fingerprint density at radius 1 is 1.38 bits per heavy atom. The predicted octanol–water partition coefficient (Wildman–Crippen LogP) is 2.50. The minimum absolute atomic E-state index is 0.636. The standard InChI is InChI=1S/C13H19NOS/c1-14(12-7-9-15-11-12)8-10-16-13-5-3-2-4-6-13/h2-6,12H,7-11H2,1H3. The van der Waals surface area contributed by atoms with Crippen molar-refractivity contribution in [3.63, 3.8) is 0 Å². The van der Waals surface area contributed by atoms with E-state index in [4.69, 9.17) is 4.74 Å². The quantitative estimate of drug-likeness (QED) is 0.730. The van der Waals surface area contributed by atoms with Crippen LogP contribution >= 0.6 is 11.8 Å². The van der Waals surface area contributed by atoms with Gasteiger partial charge in [0.25, 0.3) is 0 Å². The van der Waals surface area contributed by atoms with E-state index in [1.54, 1.807) is 0 Å². The van der Waals surface area contributed by atoms with Crippen LogP contribution in [-0.4, -0.2) is 43.5 Å². The van der Waals surface area contributed by atoms with Crippen LogP contribution in [0.1, 0.15) is 6.42 Å². The van der Waals surface area contributed by atoms with Gasteiger partial charge < -0.3 is 9.64 Å². The SMILES string of the molecule is CN(CCSc1ccccc1)C1CCOC1. The molecule has 0 saturated carbocycles. The van der Waals surface area contributed by atoms with Gasteiger partial charge in [0, 0.05) is 29.8 Å². The fraction of sp³-hybridized carbons (Fsp3) is 0.538. The van der Waals surface area contributed by atoms with Gasteiger partial charge in [-0.3, -0.25) is 0 Å². The minimum Gasteiger partial charge on any atom is -0.380 e. The highest BCUT2D eigenvalue weighted by Crippen LogP contribution is 2.18. The molecule has 3 heteroatoms. The summed E-state index contributed by atoms with van der Waals surface area (Å²) in [6.45, 7) is 2.97. The molecule has 0 spiro atoms. The van der Waals surface area contributed by atoms with Crippen LogP contribution in [-0.2, 0) is 4.74 Å². The number of thioether (sulfide) groups is 1. The third-order valence-electron chi connectivity index (χ3n) is 2.98. The van der Waals surface area contributed by atoms with Crippen molar-refractivity contribution in [1.29, 1.82) is 0 Å². The summed E-state index contributed by atoms with van der Waals surface area (Å²) in [6, 6.07) is 11.2. The summed E-state index contributed by atoms with van der Waals surface area (Å²) in [5.74, 6) is 1.15. The second-order valence-corrected chi connectivity index (χ2v) is 5.33. The molecule has 1 aliphatic rings. The molecule has 2 nitrogen and oxygen atoms in total. The molecule has 1 aromatic carbocycles. The van der Waals surface area contributed by atoms with Gasteiger partial charge in [0.1, 0.15) is 0 Å². The van der Waals surface area contributed by atoms with E-state index in [0.29, 0.717) is 6.04 Å². The number of hydrogen-bond acceptors (Lipinski definition) is 3. The molecule has 88 valence electrons. The maximum absolute atomic E-state index is 5.39. The second kappa shape index (κ2) is 6.28. The number of nitrogens with zero attached hydrogens (tertiary/aromatic N) is 1. The van der Waals surface area contributed by atoms with Gasteiger partial charge >= 0.3 is 0 Å². The van der Waals surface area contributed by atoms with Crippen molar-refractivity contribution in [3.8, 4) is 0 Å². The zero-order valence-corrected chi connectivity index (χ0v) is 10.6. The van der Waals surface area contributed by atoms with E-state index in [9.17, 15) is 0 Å². The molecule has 16 heavy (non-hydrogen) atoms. The molecule has 1 aliphatic heterocycles. The summed E-state index contributed by atoms with van der Waals surface area (Å²) >= 11 is 1.93. The average Bonchev–Trinajstić information content (AvgIpc) is 2.84. The van der Waals surface area contributed by atoms with Crippen molar-refractivity contribution in [3.05, 3.63) is 30.3 Å². The Bertz CT molecular complexity index is 298. The Morgan fingerprint density at radius 2 is 2.19 bits per heavy atom. The molecule has 0 bridgehead atoms. The Morgan fingerprint density at radius 3 is 2.88 bits per heavy atom. The van der Waals surface area contributed by atoms with E-state index in [2.05, 4.69) is 42.3 Å². The van der Waals surface area contributed by atoms with Gasteiger partial charge in [0.15, 0.2) is 0 Å². The van der Waals surface area contributed by atoms with Crippen LogP contribution < -0.4 is 0 Å². The van der Waals surface area contributed by atoms with Crippen LogP contribution in [0, 0.1) is 0 Å². The Balaban J connectivity index is 1.67. The molecule has 1 fully saturated rings. The molecule has 1 aromatic rings. The van der Waals surface area contributed by atoms with Gasteiger partial charge in [0.2, 0.25) is 0 Å². The zero-order chi connectivity index (χ0) is 11.2. The fourth-order valence-corrected chi connectivity index (χ4v) is 2.84. The van der Waals surface area contributed by atoms with Gasteiger partial charge in [0.05, 0.1) is 6.61 Å². The van der Waals surface area contributed by atoms with Crippen LogP contribution in [0.15, 0.2) is 35.2 Å². The van der Waals surface area contributed by atoms with E-state index < -0.39 is 0 Å². The van der Waals surface area contributed by atoms with E-state index in [1.165, 1.54) is 11.3 Å². The van der Waals surface area contributed by atoms with Crippen molar-refractivity contribution in [2.75, 3.05) is 32.6 Å². The van der Waals surface area contributed by atoms with Gasteiger partial charge in [-0.1, -0.05) is 18.2 Å². The first kappa shape index (κ1) is 12.0. The van der Waals surface area contributed by atoms with Crippen LogP contribution in [0.4, 0.5) is 0 Å². The van der Waals surface area contributed by atoms with Crippen LogP contribution in [0.25, 0.3) is 0 Å². The summed E-state index contributed by atoms with van der Waals surface area (Å²) in [5.41, 5.74) is 0. The lowest BCUT2D eigenvalue weighted by atomic mass is 10.2. The zero-order valence-electron chi connectivity index (χ0n) is 9.76. The van der Waals surface area contributed by atoms with Crippen molar-refractivity contribution < 1.29 is 4.74 Å². The van der Waals surface area contributed by atoms with E-state index in [0.717, 1.165) is 25.5 Å². The second-order valence-electron chi connectivity index (χ2n) is 4.16. The van der Waals surface area contributed by atoms with E-state index in [-0.39, 0.29) is 0 Å². The molecule has 2 rings (SSSR count). The largest absolute Gasteiger partial charge is 0.380 e. The monoisotopic (exact) mass is 237 g/mol. The lowest BCUT2D eigenvalue weighted by molar-refractivity contribution is 0.162. The predicted molar refractivity (Wildman–Crippen MR) is 69.0 cm³/mol. The molecule has 0 N–H and O–H groups in total. The normalized spacial score (nSPS) is 20.5. The number of benzene rings is 1. The molecule has 0 aromatic heterocycles. The first-order valence-electron chi connectivity index (χ1n) is 5.82. The molecule has 0 amide bonds. The first-order chi connectivity index (χ1) is 7.86. The highest BCUT2D eigenvalue weighted by molar-refractivity contribution is 7.99. The Hall–Kier alpha value is -0.510. The maximum Gasteiger partial charge on any atom is 0.0622 e. The lowest BCUT2D eigenvalue weighted by Gasteiger charge is -2.22. The molecule has 1 atom stereocenters. The molecule has 1 heterocycles. The maximum atomic E-state index is 5.39. The summed E-state index contributed by atoms with van der Waals surface area (Å²) in [6.07, 6.45) is 1.19. The number of ether oxygens (including phenoxy) is 1. The molecular weight excluding hydrogens is 218 g/mol. The van der Waals surface area contributed by atoms with Gasteiger partial charge in [-0.05, 0) is 25.6 Å². The van der Waals surface area contributed by atoms with E-state index >= 15 is 0 Å². The fourth-order valence-electron chi connectivity index (χ4n) is 1.88. The first-order valence-corrected chi connectivity index (χ1v) is 6.80. The van der Waals surface area contributed by atoms with Gasteiger partial charge in [-0.25, -0.2) is 0 Å². The van der Waals surface area contributed by atoms with Crippen molar-refractivity contribution in [1.82, 2.24) is 4.90 Å². The molecule has 1 saturated heterocycles. The van der Waals surface area contributed by atoms with Gasteiger partial charge in [-0.2, -0.15) is 0 Å². The molecule has 1 unspecified atom stereocenters. The molecular formula is C13H19NOS. The summed E-state index contributed by atoms with van der Waals surface area (Å²) in [4.78, 5) is 3.78. The van der Waals surface area contributed by atoms with Crippen molar-refractivity contribution >= 4 is 11.8 Å². The third-order valence-corrected chi connectivity index (χ3v) is 3.98. The summed E-state index contributed by atoms with van der Waals surface area (Å²) in [5, 5.41) is 0. The highest BCUT2D eigenvalue weighted by Gasteiger charge is 2.19. The number of rotatable bonds is 5. The summed E-state index contributed by atoms with van der Waals surface area (Å²) in [7, 11) is 2.20. The third kappa shape index (κ3) is 3.51. The number of likely N-dealkylation sites (N-methyl/N-ethyl adjacent to an activating group) is 1. The number of hydrogen-bond donors (Lipinski definition) is 0. The van der Waals surface area contributed by atoms with Crippen LogP contribution in [0.3, 0.4) is 0 Å². The highest BCUT2D eigenvalue weighted by atomic mass is 32.2. The van der Waals surface area contributed by atoms with E-state index in [1.807, 2.05) is 11.8 Å². The topological polar surface area (TPSA) is 12.5 Å². The smallest absolute Gasteiger partial charge is 0.0622 e. The van der Waals surface area contributed by atoms with Crippen molar-refractivity contribution in [2.24, 2.45) is 0 Å².